The Bertz CT molecular complexity index is 83.7. The lowest BCUT2D eigenvalue weighted by Crippen LogP contribution is -2.40. The zero-order chi connectivity index (χ0) is 8.20. The summed E-state index contributed by atoms with van der Waals surface area (Å²) < 4.78 is 0. The molecule has 0 bridgehead atoms. The smallest absolute Gasteiger partial charge is 0.0283 e. The molecule has 0 aromatic heterocycles. The minimum absolute atomic E-state index is 0.00910. The van der Waals surface area contributed by atoms with Crippen LogP contribution < -0.4 is 5.84 Å². The fraction of sp³-hybridized carbons (Fsp3) is 1.00. The SMILES string of the molecule is CCCCN([NH])C(C)(C)C. The van der Waals surface area contributed by atoms with Crippen molar-refractivity contribution in [3.05, 3.63) is 0 Å². The molecule has 1 N–H and O–H groups in total. The molecule has 10 heavy (non-hydrogen) atoms. The van der Waals surface area contributed by atoms with Crippen molar-refractivity contribution in [1.29, 1.82) is 0 Å². The largest absolute Gasteiger partial charge is 0.224 e. The summed E-state index contributed by atoms with van der Waals surface area (Å²) in [5.74, 6) is 7.56. The number of rotatable bonds is 3. The lowest BCUT2D eigenvalue weighted by molar-refractivity contribution is 0.124. The lowest BCUT2D eigenvalue weighted by atomic mass is 10.1. The molecule has 0 unspecified atom stereocenters. The van der Waals surface area contributed by atoms with E-state index in [0.717, 1.165) is 13.0 Å². The highest BCUT2D eigenvalue weighted by Gasteiger charge is 2.16. The van der Waals surface area contributed by atoms with E-state index in [1.807, 2.05) is 0 Å². The van der Waals surface area contributed by atoms with Crippen LogP contribution in [0.15, 0.2) is 0 Å². The number of hydrogen-bond acceptors (Lipinski definition) is 1. The van der Waals surface area contributed by atoms with E-state index in [4.69, 9.17) is 5.84 Å². The summed E-state index contributed by atoms with van der Waals surface area (Å²) in [5, 5.41) is 1.65. The van der Waals surface area contributed by atoms with Gasteiger partial charge in [0.25, 0.3) is 0 Å². The molecular weight excluding hydrogens is 124 g/mol. The van der Waals surface area contributed by atoms with Gasteiger partial charge in [-0.3, -0.25) is 0 Å². The van der Waals surface area contributed by atoms with Crippen LogP contribution >= 0.6 is 0 Å². The summed E-state index contributed by atoms with van der Waals surface area (Å²) in [5.41, 5.74) is 0.00910. The first-order valence-corrected chi connectivity index (χ1v) is 3.97. The van der Waals surface area contributed by atoms with E-state index in [1.54, 1.807) is 5.01 Å². The third-order valence-corrected chi connectivity index (χ3v) is 1.55. The highest BCUT2D eigenvalue weighted by Crippen LogP contribution is 2.09. The summed E-state index contributed by atoms with van der Waals surface area (Å²) >= 11 is 0. The average molecular weight is 143 g/mol. The first kappa shape index (κ1) is 9.92. The van der Waals surface area contributed by atoms with E-state index in [0.29, 0.717) is 0 Å². The van der Waals surface area contributed by atoms with Gasteiger partial charge in [0, 0.05) is 12.1 Å². The number of nitrogens with zero attached hydrogens (tertiary/aromatic N) is 1. The average Bonchev–Trinajstić information content (AvgIpc) is 1.80. The Morgan fingerprint density at radius 2 is 1.80 bits per heavy atom. The molecule has 0 aromatic rings. The molecular formula is C8H19N2. The Labute approximate surface area is 64.4 Å². The van der Waals surface area contributed by atoms with Crippen LogP contribution in [0.3, 0.4) is 0 Å². The van der Waals surface area contributed by atoms with Crippen LogP contribution in [0.25, 0.3) is 0 Å². The van der Waals surface area contributed by atoms with E-state index in [9.17, 15) is 0 Å². The third kappa shape index (κ3) is 3.85. The molecule has 61 valence electrons. The van der Waals surface area contributed by atoms with Gasteiger partial charge in [0.2, 0.25) is 0 Å². The van der Waals surface area contributed by atoms with Crippen molar-refractivity contribution in [2.75, 3.05) is 6.54 Å². The first-order chi connectivity index (χ1) is 4.48. The minimum atomic E-state index is 0.00910. The number of nitrogens with one attached hydrogen (secondary N) is 1. The standard InChI is InChI=1S/C8H19N2/c1-5-6-7-10(9)8(2,3)4/h9H,5-7H2,1-4H3. The molecule has 0 spiro atoms. The fourth-order valence-corrected chi connectivity index (χ4v) is 0.652. The maximum absolute atomic E-state index is 7.56. The Morgan fingerprint density at radius 3 is 2.10 bits per heavy atom. The summed E-state index contributed by atoms with van der Waals surface area (Å²) in [7, 11) is 0. The molecule has 0 amide bonds. The summed E-state index contributed by atoms with van der Waals surface area (Å²) in [6.45, 7) is 9.23. The van der Waals surface area contributed by atoms with Gasteiger partial charge in [0.05, 0.1) is 0 Å². The Hall–Kier alpha value is -0.0800. The maximum Gasteiger partial charge on any atom is 0.0283 e. The molecule has 0 heterocycles. The van der Waals surface area contributed by atoms with Crippen molar-refractivity contribution in [2.24, 2.45) is 0 Å². The van der Waals surface area contributed by atoms with E-state index in [2.05, 4.69) is 27.7 Å². The monoisotopic (exact) mass is 143 g/mol. The van der Waals surface area contributed by atoms with Gasteiger partial charge < -0.3 is 0 Å². The van der Waals surface area contributed by atoms with Crippen molar-refractivity contribution in [3.63, 3.8) is 0 Å². The second kappa shape index (κ2) is 3.94. The molecule has 0 rings (SSSR count). The van der Waals surface area contributed by atoms with Crippen molar-refractivity contribution >= 4 is 0 Å². The van der Waals surface area contributed by atoms with Gasteiger partial charge in [-0.15, -0.1) is 0 Å². The Morgan fingerprint density at radius 1 is 1.30 bits per heavy atom. The lowest BCUT2D eigenvalue weighted by Gasteiger charge is -2.29. The summed E-state index contributed by atoms with van der Waals surface area (Å²) in [6.07, 6.45) is 2.30. The van der Waals surface area contributed by atoms with Crippen LogP contribution in [-0.4, -0.2) is 17.1 Å². The molecule has 0 aliphatic heterocycles. The zero-order valence-electron chi connectivity index (χ0n) is 7.57. The summed E-state index contributed by atoms with van der Waals surface area (Å²) in [6, 6.07) is 0. The molecule has 2 nitrogen and oxygen atoms in total. The Kier molecular flexibility index (Phi) is 3.91. The van der Waals surface area contributed by atoms with Gasteiger partial charge in [-0.1, -0.05) is 13.3 Å². The first-order valence-electron chi connectivity index (χ1n) is 3.97. The molecule has 0 aliphatic carbocycles. The van der Waals surface area contributed by atoms with Crippen LogP contribution in [0.5, 0.6) is 0 Å². The predicted molar refractivity (Wildman–Crippen MR) is 44.5 cm³/mol. The molecule has 0 aliphatic rings. The number of unbranched alkanes of at least 4 members (excludes halogenated alkanes) is 1. The van der Waals surface area contributed by atoms with Crippen LogP contribution in [0.2, 0.25) is 0 Å². The van der Waals surface area contributed by atoms with Gasteiger partial charge in [0.1, 0.15) is 0 Å². The predicted octanol–water partition coefficient (Wildman–Crippen LogP) is 2.08. The number of hydrogen-bond donors (Lipinski definition) is 0. The van der Waals surface area contributed by atoms with E-state index < -0.39 is 0 Å². The second-order valence-electron chi connectivity index (χ2n) is 3.68. The van der Waals surface area contributed by atoms with Gasteiger partial charge in [-0.05, 0) is 27.2 Å². The van der Waals surface area contributed by atoms with Crippen LogP contribution in [0.1, 0.15) is 40.5 Å². The second-order valence-corrected chi connectivity index (χ2v) is 3.68. The maximum atomic E-state index is 7.56. The third-order valence-electron chi connectivity index (χ3n) is 1.55. The quantitative estimate of drug-likeness (QED) is 0.556. The fourth-order valence-electron chi connectivity index (χ4n) is 0.652. The topological polar surface area (TPSA) is 27.0 Å². The molecule has 0 saturated heterocycles. The van der Waals surface area contributed by atoms with Crippen molar-refractivity contribution in [2.45, 2.75) is 46.1 Å². The minimum Gasteiger partial charge on any atom is -0.224 e. The van der Waals surface area contributed by atoms with E-state index >= 15 is 0 Å². The van der Waals surface area contributed by atoms with Gasteiger partial charge >= 0.3 is 0 Å². The highest BCUT2D eigenvalue weighted by atomic mass is 15.4. The van der Waals surface area contributed by atoms with E-state index in [-0.39, 0.29) is 5.54 Å². The van der Waals surface area contributed by atoms with Gasteiger partial charge in [-0.25, -0.2) is 5.01 Å². The molecule has 0 atom stereocenters. The van der Waals surface area contributed by atoms with Crippen molar-refractivity contribution in [3.8, 4) is 0 Å². The molecule has 0 saturated carbocycles. The molecule has 0 fully saturated rings. The zero-order valence-corrected chi connectivity index (χ0v) is 7.57. The van der Waals surface area contributed by atoms with Crippen molar-refractivity contribution < 1.29 is 0 Å². The van der Waals surface area contributed by atoms with Crippen LogP contribution in [-0.2, 0) is 0 Å². The van der Waals surface area contributed by atoms with Gasteiger partial charge in [-0.2, -0.15) is 5.84 Å². The normalized spacial score (nSPS) is 12.6. The summed E-state index contributed by atoms with van der Waals surface area (Å²) in [4.78, 5) is 0. The highest BCUT2D eigenvalue weighted by molar-refractivity contribution is 4.69. The van der Waals surface area contributed by atoms with Gasteiger partial charge in [0.15, 0.2) is 0 Å². The van der Waals surface area contributed by atoms with Crippen LogP contribution in [0, 0.1) is 0 Å². The molecule has 1 radical (unpaired) electrons. The van der Waals surface area contributed by atoms with E-state index in [1.165, 1.54) is 6.42 Å². The van der Waals surface area contributed by atoms with Crippen molar-refractivity contribution in [1.82, 2.24) is 10.9 Å². The Balaban J connectivity index is 3.52. The molecule has 2 heteroatoms. The van der Waals surface area contributed by atoms with Crippen LogP contribution in [0.4, 0.5) is 0 Å². The molecule has 0 aromatic carbocycles.